The first kappa shape index (κ1) is 14.4. The molecule has 3 heterocycles. The number of hydrogen-bond acceptors (Lipinski definition) is 4. The minimum absolute atomic E-state index is 0.253. The van der Waals surface area contributed by atoms with Crippen molar-refractivity contribution >= 4 is 5.91 Å². The number of amides is 1. The molecule has 1 aromatic heterocycles. The molecule has 0 saturated carbocycles. The quantitative estimate of drug-likeness (QED) is 0.853. The van der Waals surface area contributed by atoms with Crippen LogP contribution in [0.3, 0.4) is 0 Å². The van der Waals surface area contributed by atoms with Gasteiger partial charge in [-0.3, -0.25) is 9.69 Å². The van der Waals surface area contributed by atoms with E-state index in [1.165, 1.54) is 6.42 Å². The van der Waals surface area contributed by atoms with Gasteiger partial charge in [-0.1, -0.05) is 6.92 Å². The standard InChI is InChI=1S/C16H24N4O/c1-3-5-15(21)20-9-7-13-12(11-20)10-17-16(18-13)14-6-4-8-19(14)2/h10,14H,3-9,11H2,1-2H3/t14-/m0/s1. The molecule has 0 bridgehead atoms. The highest BCUT2D eigenvalue weighted by atomic mass is 16.2. The lowest BCUT2D eigenvalue weighted by molar-refractivity contribution is -0.132. The van der Waals surface area contributed by atoms with Crippen LogP contribution in [0.5, 0.6) is 0 Å². The Balaban J connectivity index is 1.75. The second-order valence-electron chi connectivity index (χ2n) is 6.15. The molecule has 1 aromatic rings. The van der Waals surface area contributed by atoms with Crippen LogP contribution in [0, 0.1) is 0 Å². The number of hydrogen-bond donors (Lipinski definition) is 0. The van der Waals surface area contributed by atoms with Gasteiger partial charge in [0.15, 0.2) is 0 Å². The Hall–Kier alpha value is -1.49. The molecule has 3 rings (SSSR count). The van der Waals surface area contributed by atoms with Crippen LogP contribution in [0.25, 0.3) is 0 Å². The summed E-state index contributed by atoms with van der Waals surface area (Å²) in [7, 11) is 2.14. The SMILES string of the molecule is CCCC(=O)N1CCc2nc([C@@H]3CCCN3C)ncc2C1. The Morgan fingerprint density at radius 3 is 3.00 bits per heavy atom. The number of nitrogens with zero attached hydrogens (tertiary/aromatic N) is 4. The lowest BCUT2D eigenvalue weighted by Crippen LogP contribution is -2.36. The van der Waals surface area contributed by atoms with E-state index in [0.717, 1.165) is 49.4 Å². The van der Waals surface area contributed by atoms with Gasteiger partial charge in [-0.15, -0.1) is 0 Å². The molecule has 1 amide bonds. The Bertz CT molecular complexity index is 531. The molecule has 1 atom stereocenters. The summed E-state index contributed by atoms with van der Waals surface area (Å²) in [6, 6.07) is 0.370. The highest BCUT2D eigenvalue weighted by Gasteiger charge is 2.27. The Labute approximate surface area is 126 Å². The van der Waals surface area contributed by atoms with Crippen LogP contribution in [0.1, 0.15) is 55.7 Å². The van der Waals surface area contributed by atoms with Gasteiger partial charge in [-0.2, -0.15) is 0 Å². The van der Waals surface area contributed by atoms with E-state index in [1.807, 2.05) is 18.0 Å². The molecule has 0 unspecified atom stereocenters. The number of carbonyl (C=O) groups is 1. The molecule has 0 radical (unpaired) electrons. The van der Waals surface area contributed by atoms with E-state index in [4.69, 9.17) is 4.98 Å². The van der Waals surface area contributed by atoms with Crippen LogP contribution >= 0.6 is 0 Å². The van der Waals surface area contributed by atoms with E-state index < -0.39 is 0 Å². The summed E-state index contributed by atoms with van der Waals surface area (Å²) in [5, 5.41) is 0. The molecule has 5 nitrogen and oxygen atoms in total. The minimum atomic E-state index is 0.253. The molecule has 1 fully saturated rings. The van der Waals surface area contributed by atoms with Gasteiger partial charge in [0.2, 0.25) is 5.91 Å². The smallest absolute Gasteiger partial charge is 0.222 e. The molecule has 2 aliphatic rings. The van der Waals surface area contributed by atoms with Gasteiger partial charge in [0.05, 0.1) is 11.7 Å². The van der Waals surface area contributed by atoms with Gasteiger partial charge in [0.25, 0.3) is 0 Å². The highest BCUT2D eigenvalue weighted by Crippen LogP contribution is 2.29. The molecular weight excluding hydrogens is 264 g/mol. The van der Waals surface area contributed by atoms with E-state index in [-0.39, 0.29) is 5.91 Å². The topological polar surface area (TPSA) is 49.3 Å². The Morgan fingerprint density at radius 1 is 1.43 bits per heavy atom. The Kier molecular flexibility index (Phi) is 4.19. The van der Waals surface area contributed by atoms with Crippen LogP contribution in [-0.4, -0.2) is 45.8 Å². The molecule has 0 spiro atoms. The summed E-state index contributed by atoms with van der Waals surface area (Å²) < 4.78 is 0. The first-order valence-electron chi connectivity index (χ1n) is 8.01. The molecule has 21 heavy (non-hydrogen) atoms. The first-order chi connectivity index (χ1) is 10.2. The lowest BCUT2D eigenvalue weighted by Gasteiger charge is -2.29. The van der Waals surface area contributed by atoms with Gasteiger partial charge < -0.3 is 4.90 Å². The minimum Gasteiger partial charge on any atom is -0.338 e. The van der Waals surface area contributed by atoms with Crippen LogP contribution in [-0.2, 0) is 17.8 Å². The van der Waals surface area contributed by atoms with Crippen molar-refractivity contribution in [3.8, 4) is 0 Å². The summed E-state index contributed by atoms with van der Waals surface area (Å²) in [4.78, 5) is 25.6. The Morgan fingerprint density at radius 2 is 2.29 bits per heavy atom. The van der Waals surface area contributed by atoms with Crippen molar-refractivity contribution in [1.82, 2.24) is 19.8 Å². The van der Waals surface area contributed by atoms with Crippen LogP contribution in [0.4, 0.5) is 0 Å². The van der Waals surface area contributed by atoms with Crippen molar-refractivity contribution in [3.63, 3.8) is 0 Å². The fourth-order valence-corrected chi connectivity index (χ4v) is 3.31. The van der Waals surface area contributed by atoms with E-state index in [9.17, 15) is 4.79 Å². The number of rotatable bonds is 3. The molecule has 0 aliphatic carbocycles. The monoisotopic (exact) mass is 288 g/mol. The molecule has 114 valence electrons. The lowest BCUT2D eigenvalue weighted by atomic mass is 10.1. The molecule has 2 aliphatic heterocycles. The van der Waals surface area contributed by atoms with Crippen molar-refractivity contribution in [2.75, 3.05) is 20.1 Å². The number of carbonyl (C=O) groups excluding carboxylic acids is 1. The maximum atomic E-state index is 12.0. The van der Waals surface area contributed by atoms with Gasteiger partial charge in [0.1, 0.15) is 5.82 Å². The first-order valence-corrected chi connectivity index (χ1v) is 8.01. The van der Waals surface area contributed by atoms with Crippen LogP contribution < -0.4 is 0 Å². The van der Waals surface area contributed by atoms with Gasteiger partial charge >= 0.3 is 0 Å². The zero-order chi connectivity index (χ0) is 14.8. The van der Waals surface area contributed by atoms with Crippen LogP contribution in [0.15, 0.2) is 6.20 Å². The fourth-order valence-electron chi connectivity index (χ4n) is 3.31. The zero-order valence-electron chi connectivity index (χ0n) is 13.0. The third-order valence-electron chi connectivity index (χ3n) is 4.59. The predicted octanol–water partition coefficient (Wildman–Crippen LogP) is 1.93. The maximum absolute atomic E-state index is 12.0. The summed E-state index contributed by atoms with van der Waals surface area (Å²) >= 11 is 0. The maximum Gasteiger partial charge on any atom is 0.222 e. The van der Waals surface area contributed by atoms with E-state index in [1.54, 1.807) is 0 Å². The highest BCUT2D eigenvalue weighted by molar-refractivity contribution is 5.76. The average Bonchev–Trinajstić information content (AvgIpc) is 2.92. The summed E-state index contributed by atoms with van der Waals surface area (Å²) in [6.45, 7) is 4.64. The van der Waals surface area contributed by atoms with E-state index in [0.29, 0.717) is 19.0 Å². The van der Waals surface area contributed by atoms with Crippen molar-refractivity contribution in [2.24, 2.45) is 0 Å². The van der Waals surface area contributed by atoms with Crippen LogP contribution in [0.2, 0.25) is 0 Å². The van der Waals surface area contributed by atoms with Gasteiger partial charge in [-0.25, -0.2) is 9.97 Å². The second kappa shape index (κ2) is 6.10. The second-order valence-corrected chi connectivity index (χ2v) is 6.15. The third-order valence-corrected chi connectivity index (χ3v) is 4.59. The molecule has 1 saturated heterocycles. The number of aromatic nitrogens is 2. The summed E-state index contributed by atoms with van der Waals surface area (Å²) in [6.07, 6.45) is 6.72. The molecule has 0 N–H and O–H groups in total. The summed E-state index contributed by atoms with van der Waals surface area (Å²) in [5.41, 5.74) is 2.26. The molecule has 0 aromatic carbocycles. The van der Waals surface area contributed by atoms with E-state index >= 15 is 0 Å². The van der Waals surface area contributed by atoms with Crippen molar-refractivity contribution in [1.29, 1.82) is 0 Å². The fraction of sp³-hybridized carbons (Fsp3) is 0.688. The number of likely N-dealkylation sites (tertiary alicyclic amines) is 1. The third kappa shape index (κ3) is 2.93. The number of fused-ring (bicyclic) bond motifs is 1. The normalized spacial score (nSPS) is 22.4. The van der Waals surface area contributed by atoms with Gasteiger partial charge in [0, 0.05) is 37.7 Å². The average molecular weight is 288 g/mol. The molecule has 5 heteroatoms. The van der Waals surface area contributed by atoms with Crippen molar-refractivity contribution < 1.29 is 4.79 Å². The summed E-state index contributed by atoms with van der Waals surface area (Å²) in [5.74, 6) is 1.21. The largest absolute Gasteiger partial charge is 0.338 e. The van der Waals surface area contributed by atoms with Crippen molar-refractivity contribution in [2.45, 2.75) is 51.6 Å². The molecular formula is C16H24N4O. The van der Waals surface area contributed by atoms with E-state index in [2.05, 4.69) is 16.9 Å². The van der Waals surface area contributed by atoms with Crippen molar-refractivity contribution in [3.05, 3.63) is 23.3 Å². The predicted molar refractivity (Wildman–Crippen MR) is 80.7 cm³/mol. The zero-order valence-corrected chi connectivity index (χ0v) is 13.0. The van der Waals surface area contributed by atoms with Gasteiger partial charge in [-0.05, 0) is 32.9 Å².